The molecule has 0 saturated carbocycles. The number of thiophene rings is 1. The van der Waals surface area contributed by atoms with Gasteiger partial charge in [0.05, 0.1) is 18.6 Å². The normalized spacial score (nSPS) is 15.2. The molecule has 0 N–H and O–H groups in total. The highest BCUT2D eigenvalue weighted by molar-refractivity contribution is 7.89. The van der Waals surface area contributed by atoms with Crippen LogP contribution in [0.15, 0.2) is 29.2 Å². The van der Waals surface area contributed by atoms with E-state index in [0.717, 1.165) is 22.6 Å². The molecule has 1 aromatic carbocycles. The summed E-state index contributed by atoms with van der Waals surface area (Å²) in [5.74, 6) is 0.995. The lowest BCUT2D eigenvalue weighted by molar-refractivity contribution is 0.0697. The monoisotopic (exact) mass is 466 g/mol. The number of benzene rings is 1. The molecule has 1 aromatic heterocycles. The number of carbonyl (C=O) groups is 1. The van der Waals surface area contributed by atoms with Crippen molar-refractivity contribution in [1.29, 1.82) is 0 Å². The lowest BCUT2D eigenvalue weighted by Crippen LogP contribution is -2.50. The van der Waals surface area contributed by atoms with E-state index in [-0.39, 0.29) is 19.0 Å². The zero-order valence-corrected chi connectivity index (χ0v) is 20.1. The van der Waals surface area contributed by atoms with Crippen LogP contribution in [0.2, 0.25) is 0 Å². The van der Waals surface area contributed by atoms with Crippen molar-refractivity contribution in [3.8, 4) is 11.5 Å². The standard InChI is InChI=1S/C22H30N2O5S2/c1-5-6-13-29-19-8-7-18(15-20(19)28-4)22(25)23-9-11-24(12-10-23)31(26,27)21-14-16(2)30-17(21)3/h7-8,14-15H,5-6,9-13H2,1-4H3. The minimum Gasteiger partial charge on any atom is -0.493 e. The summed E-state index contributed by atoms with van der Waals surface area (Å²) in [5.41, 5.74) is 0.500. The van der Waals surface area contributed by atoms with E-state index in [1.807, 2.05) is 13.8 Å². The van der Waals surface area contributed by atoms with Crippen molar-refractivity contribution in [2.45, 2.75) is 38.5 Å². The second kappa shape index (κ2) is 10.0. The average Bonchev–Trinajstić information content (AvgIpc) is 3.12. The number of amides is 1. The number of unbranched alkanes of at least 4 members (excludes halogenated alkanes) is 1. The molecule has 1 aliphatic heterocycles. The first-order valence-corrected chi connectivity index (χ1v) is 12.7. The average molecular weight is 467 g/mol. The van der Waals surface area contributed by atoms with Crippen molar-refractivity contribution in [3.05, 3.63) is 39.6 Å². The molecule has 0 aliphatic carbocycles. The predicted molar refractivity (Wildman–Crippen MR) is 122 cm³/mol. The van der Waals surface area contributed by atoms with Crippen LogP contribution in [0.25, 0.3) is 0 Å². The highest BCUT2D eigenvalue weighted by Gasteiger charge is 2.32. The quantitative estimate of drug-likeness (QED) is 0.555. The van der Waals surface area contributed by atoms with E-state index >= 15 is 0 Å². The third-order valence-corrected chi connectivity index (χ3v) is 8.43. The molecule has 1 aliphatic rings. The summed E-state index contributed by atoms with van der Waals surface area (Å²) < 4.78 is 38.6. The second-order valence-electron chi connectivity index (χ2n) is 7.54. The molecule has 2 heterocycles. The fourth-order valence-corrected chi connectivity index (χ4v) is 6.51. The van der Waals surface area contributed by atoms with Gasteiger partial charge in [-0.05, 0) is 44.5 Å². The van der Waals surface area contributed by atoms with Gasteiger partial charge in [-0.2, -0.15) is 4.31 Å². The molecule has 0 atom stereocenters. The maximum absolute atomic E-state index is 13.0. The summed E-state index contributed by atoms with van der Waals surface area (Å²) in [6.07, 6.45) is 1.98. The molecule has 0 radical (unpaired) electrons. The summed E-state index contributed by atoms with van der Waals surface area (Å²) in [5, 5.41) is 0. The third-order valence-electron chi connectivity index (χ3n) is 5.31. The van der Waals surface area contributed by atoms with Crippen molar-refractivity contribution in [1.82, 2.24) is 9.21 Å². The summed E-state index contributed by atoms with van der Waals surface area (Å²) in [6.45, 7) is 7.66. The van der Waals surface area contributed by atoms with E-state index in [9.17, 15) is 13.2 Å². The molecule has 31 heavy (non-hydrogen) atoms. The molecule has 2 aromatic rings. The summed E-state index contributed by atoms with van der Waals surface area (Å²) in [7, 11) is -1.99. The molecule has 0 bridgehead atoms. The third kappa shape index (κ3) is 5.22. The molecule has 3 rings (SSSR count). The first-order valence-electron chi connectivity index (χ1n) is 10.4. The van der Waals surface area contributed by atoms with Gasteiger partial charge in [-0.3, -0.25) is 4.79 Å². The first-order chi connectivity index (χ1) is 14.8. The van der Waals surface area contributed by atoms with E-state index < -0.39 is 10.0 Å². The van der Waals surface area contributed by atoms with Gasteiger partial charge in [0, 0.05) is 41.5 Å². The molecule has 0 unspecified atom stereocenters. The van der Waals surface area contributed by atoms with E-state index in [0.29, 0.717) is 41.7 Å². The predicted octanol–water partition coefficient (Wildman–Crippen LogP) is 3.70. The number of nitrogens with zero attached hydrogens (tertiary/aromatic N) is 2. The Morgan fingerprint density at radius 2 is 1.81 bits per heavy atom. The number of hydrogen-bond donors (Lipinski definition) is 0. The molecular formula is C22H30N2O5S2. The van der Waals surface area contributed by atoms with Crippen LogP contribution in [0.3, 0.4) is 0 Å². The Kier molecular flexibility index (Phi) is 7.61. The number of hydrogen-bond acceptors (Lipinski definition) is 6. The molecule has 1 saturated heterocycles. The molecule has 1 fully saturated rings. The highest BCUT2D eigenvalue weighted by Crippen LogP contribution is 2.30. The van der Waals surface area contributed by atoms with E-state index in [1.165, 1.54) is 15.6 Å². The van der Waals surface area contributed by atoms with Crippen molar-refractivity contribution in [3.63, 3.8) is 0 Å². The van der Waals surface area contributed by atoms with Crippen molar-refractivity contribution < 1.29 is 22.7 Å². The Morgan fingerprint density at radius 3 is 2.39 bits per heavy atom. The molecule has 7 nitrogen and oxygen atoms in total. The summed E-state index contributed by atoms with van der Waals surface area (Å²) in [4.78, 5) is 16.8. The van der Waals surface area contributed by atoms with Gasteiger partial charge in [0.1, 0.15) is 0 Å². The van der Waals surface area contributed by atoms with Gasteiger partial charge >= 0.3 is 0 Å². The van der Waals surface area contributed by atoms with Gasteiger partial charge in [0.25, 0.3) is 5.91 Å². The van der Waals surface area contributed by atoms with Crippen LogP contribution in [-0.4, -0.2) is 63.4 Å². The topological polar surface area (TPSA) is 76.2 Å². The number of ether oxygens (including phenoxy) is 2. The Labute approximate surface area is 188 Å². The maximum Gasteiger partial charge on any atom is 0.254 e. The number of rotatable bonds is 8. The molecular weight excluding hydrogens is 436 g/mol. The Balaban J connectivity index is 1.67. The Bertz CT molecular complexity index is 1020. The van der Waals surface area contributed by atoms with E-state index in [4.69, 9.17) is 9.47 Å². The SMILES string of the molecule is CCCCOc1ccc(C(=O)N2CCN(S(=O)(=O)c3cc(C)sc3C)CC2)cc1OC. The van der Waals surface area contributed by atoms with E-state index in [2.05, 4.69) is 6.92 Å². The fourth-order valence-electron chi connectivity index (χ4n) is 3.56. The highest BCUT2D eigenvalue weighted by atomic mass is 32.2. The minimum atomic E-state index is -3.54. The maximum atomic E-state index is 13.0. The van der Waals surface area contributed by atoms with Crippen molar-refractivity contribution in [2.75, 3.05) is 39.9 Å². The minimum absolute atomic E-state index is 0.141. The fraction of sp³-hybridized carbons (Fsp3) is 0.500. The van der Waals surface area contributed by atoms with Crippen LogP contribution in [0.5, 0.6) is 11.5 Å². The van der Waals surface area contributed by atoms with Crippen LogP contribution in [-0.2, 0) is 10.0 Å². The lowest BCUT2D eigenvalue weighted by atomic mass is 10.1. The smallest absolute Gasteiger partial charge is 0.254 e. The summed E-state index contributed by atoms with van der Waals surface area (Å²) in [6, 6.07) is 6.89. The number of carbonyl (C=O) groups excluding carboxylic acids is 1. The van der Waals surface area contributed by atoms with Gasteiger partial charge in [-0.15, -0.1) is 11.3 Å². The molecule has 0 spiro atoms. The summed E-state index contributed by atoms with van der Waals surface area (Å²) >= 11 is 1.48. The van der Waals surface area contributed by atoms with Crippen LogP contribution in [0.1, 0.15) is 39.9 Å². The number of methoxy groups -OCH3 is 1. The van der Waals surface area contributed by atoms with Crippen molar-refractivity contribution in [2.24, 2.45) is 0 Å². The van der Waals surface area contributed by atoms with Gasteiger partial charge in [0.2, 0.25) is 10.0 Å². The second-order valence-corrected chi connectivity index (χ2v) is 10.9. The number of piperazine rings is 1. The van der Waals surface area contributed by atoms with Gasteiger partial charge in [-0.1, -0.05) is 13.3 Å². The first kappa shape index (κ1) is 23.6. The van der Waals surface area contributed by atoms with E-state index in [1.54, 1.807) is 36.3 Å². The molecule has 1 amide bonds. The number of aryl methyl sites for hydroxylation is 2. The zero-order valence-electron chi connectivity index (χ0n) is 18.5. The van der Waals surface area contributed by atoms with Crippen molar-refractivity contribution >= 4 is 27.3 Å². The zero-order chi connectivity index (χ0) is 22.6. The van der Waals surface area contributed by atoms with Crippen LogP contribution >= 0.6 is 11.3 Å². The lowest BCUT2D eigenvalue weighted by Gasteiger charge is -2.34. The van der Waals surface area contributed by atoms with Crippen LogP contribution < -0.4 is 9.47 Å². The largest absolute Gasteiger partial charge is 0.493 e. The Hall–Kier alpha value is -2.10. The van der Waals surface area contributed by atoms with Gasteiger partial charge < -0.3 is 14.4 Å². The number of sulfonamides is 1. The molecule has 170 valence electrons. The Morgan fingerprint density at radius 1 is 1.10 bits per heavy atom. The van der Waals surface area contributed by atoms with Crippen LogP contribution in [0, 0.1) is 13.8 Å². The van der Waals surface area contributed by atoms with Crippen LogP contribution in [0.4, 0.5) is 0 Å². The molecule has 9 heteroatoms. The van der Waals surface area contributed by atoms with Gasteiger partial charge in [-0.25, -0.2) is 8.42 Å². The van der Waals surface area contributed by atoms with Gasteiger partial charge in [0.15, 0.2) is 11.5 Å².